The Labute approximate surface area is 183 Å². The molecule has 1 N–H and O–H groups in total. The van der Waals surface area contributed by atoms with E-state index in [1.54, 1.807) is 26.2 Å². The average Bonchev–Trinajstić information content (AvgIpc) is 3.14. The number of amides is 2. The Morgan fingerprint density at radius 2 is 2.00 bits per heavy atom. The zero-order valence-electron chi connectivity index (χ0n) is 17.2. The van der Waals surface area contributed by atoms with Crippen LogP contribution in [0.25, 0.3) is 0 Å². The lowest BCUT2D eigenvalue weighted by molar-refractivity contribution is -0.170. The van der Waals surface area contributed by atoms with Crippen molar-refractivity contribution in [3.05, 3.63) is 33.4 Å². The van der Waals surface area contributed by atoms with Crippen molar-refractivity contribution in [2.75, 3.05) is 6.61 Å². The van der Waals surface area contributed by atoms with Crippen LogP contribution in [0, 0.1) is 0 Å². The van der Waals surface area contributed by atoms with E-state index in [0.717, 1.165) is 4.88 Å². The SMILES string of the molecule is CC(=O)OCC1=CS[C@H]2[C@@H](NC(=O)Cc3cccs3)C(=O)N2C1C(=O)OC(C)(C)C. The van der Waals surface area contributed by atoms with Crippen molar-refractivity contribution in [3.8, 4) is 0 Å². The quantitative estimate of drug-likeness (QED) is 0.519. The van der Waals surface area contributed by atoms with Gasteiger partial charge in [-0.15, -0.1) is 23.1 Å². The number of thioether (sulfide) groups is 1. The van der Waals surface area contributed by atoms with Crippen LogP contribution in [-0.4, -0.2) is 58.3 Å². The topological polar surface area (TPSA) is 102 Å². The fourth-order valence-electron chi connectivity index (χ4n) is 3.15. The Balaban J connectivity index is 1.74. The van der Waals surface area contributed by atoms with Gasteiger partial charge < -0.3 is 19.7 Å². The van der Waals surface area contributed by atoms with E-state index in [-0.39, 0.29) is 24.8 Å². The second-order valence-corrected chi connectivity index (χ2v) is 10.0. The minimum absolute atomic E-state index is 0.113. The molecule has 0 saturated carbocycles. The van der Waals surface area contributed by atoms with E-state index < -0.39 is 35.0 Å². The van der Waals surface area contributed by atoms with E-state index in [2.05, 4.69) is 5.32 Å². The number of esters is 2. The number of fused-ring (bicyclic) bond motifs is 1. The van der Waals surface area contributed by atoms with Crippen molar-refractivity contribution in [2.45, 2.75) is 57.2 Å². The van der Waals surface area contributed by atoms with Crippen LogP contribution >= 0.6 is 23.1 Å². The number of nitrogens with zero attached hydrogens (tertiary/aromatic N) is 1. The number of β-lactam (4-membered cyclic amide) rings is 1. The molecule has 30 heavy (non-hydrogen) atoms. The molecule has 1 aromatic rings. The molecule has 1 unspecified atom stereocenters. The van der Waals surface area contributed by atoms with Gasteiger partial charge in [0.1, 0.15) is 23.6 Å². The van der Waals surface area contributed by atoms with E-state index in [1.165, 1.54) is 34.9 Å². The Morgan fingerprint density at radius 3 is 2.60 bits per heavy atom. The van der Waals surface area contributed by atoms with Crippen LogP contribution in [-0.2, 0) is 35.1 Å². The van der Waals surface area contributed by atoms with Crippen LogP contribution in [0.1, 0.15) is 32.6 Å². The van der Waals surface area contributed by atoms with Crippen molar-refractivity contribution >= 4 is 46.9 Å². The normalized spacial score (nSPS) is 23.1. The highest BCUT2D eigenvalue weighted by Gasteiger charge is 2.56. The van der Waals surface area contributed by atoms with E-state index in [0.29, 0.717) is 5.57 Å². The summed E-state index contributed by atoms with van der Waals surface area (Å²) in [5.41, 5.74) is -0.274. The molecular formula is C20H24N2O6S2. The molecule has 1 fully saturated rings. The lowest BCUT2D eigenvalue weighted by atomic mass is 9.98. The largest absolute Gasteiger partial charge is 0.461 e. The molecule has 2 aliphatic rings. The van der Waals surface area contributed by atoms with Crippen LogP contribution in [0.3, 0.4) is 0 Å². The highest BCUT2D eigenvalue weighted by Crippen LogP contribution is 2.40. The zero-order valence-corrected chi connectivity index (χ0v) is 18.8. The van der Waals surface area contributed by atoms with Gasteiger partial charge in [-0.25, -0.2) is 4.79 Å². The summed E-state index contributed by atoms with van der Waals surface area (Å²) in [7, 11) is 0. The second kappa shape index (κ2) is 8.81. The molecule has 2 aliphatic heterocycles. The Morgan fingerprint density at radius 1 is 1.27 bits per heavy atom. The summed E-state index contributed by atoms with van der Waals surface area (Å²) in [4.78, 5) is 51.6. The van der Waals surface area contributed by atoms with Crippen molar-refractivity contribution in [1.82, 2.24) is 10.2 Å². The molecule has 1 aromatic heterocycles. The number of thiophene rings is 1. The molecule has 0 aliphatic carbocycles. The van der Waals surface area contributed by atoms with Gasteiger partial charge in [-0.3, -0.25) is 14.4 Å². The van der Waals surface area contributed by atoms with Gasteiger partial charge in [0.05, 0.1) is 6.42 Å². The second-order valence-electron chi connectivity index (χ2n) is 7.98. The first-order chi connectivity index (χ1) is 14.1. The summed E-state index contributed by atoms with van der Waals surface area (Å²) in [6, 6.07) is 2.00. The molecule has 0 bridgehead atoms. The lowest BCUT2D eigenvalue weighted by Crippen LogP contribution is -2.74. The predicted octanol–water partition coefficient (Wildman–Crippen LogP) is 1.85. The standard InChI is InChI=1S/C20H24N2O6S2/c1-11(23)27-9-12-10-30-18-15(21-14(24)8-13-6-5-7-29-13)17(25)22(18)16(12)19(26)28-20(2,3)4/h5-7,10,15-16,18H,8-9H2,1-4H3,(H,21,24)/t15-,16?,18-/m0/s1. The summed E-state index contributed by atoms with van der Waals surface area (Å²) in [6.45, 7) is 6.37. The molecule has 3 rings (SSSR count). The van der Waals surface area contributed by atoms with E-state index in [1.807, 2.05) is 17.5 Å². The lowest BCUT2D eigenvalue weighted by Gasteiger charge is -2.51. The first-order valence-electron chi connectivity index (χ1n) is 9.41. The van der Waals surface area contributed by atoms with Gasteiger partial charge in [-0.1, -0.05) is 6.07 Å². The number of hydrogen-bond donors (Lipinski definition) is 1. The van der Waals surface area contributed by atoms with Gasteiger partial charge >= 0.3 is 11.9 Å². The van der Waals surface area contributed by atoms with Gasteiger partial charge in [0.15, 0.2) is 6.04 Å². The molecule has 162 valence electrons. The number of carbonyl (C=O) groups excluding carboxylic acids is 4. The number of carbonyl (C=O) groups is 4. The predicted molar refractivity (Wildman–Crippen MR) is 113 cm³/mol. The first-order valence-corrected chi connectivity index (χ1v) is 11.2. The molecule has 2 amide bonds. The van der Waals surface area contributed by atoms with Crippen LogP contribution in [0.5, 0.6) is 0 Å². The summed E-state index contributed by atoms with van der Waals surface area (Å²) in [6.07, 6.45) is 0.196. The van der Waals surface area contributed by atoms with Gasteiger partial charge in [0.25, 0.3) is 0 Å². The highest BCUT2D eigenvalue weighted by molar-refractivity contribution is 8.02. The summed E-state index contributed by atoms with van der Waals surface area (Å²) in [5.74, 6) is -1.70. The maximum Gasteiger partial charge on any atom is 0.333 e. The number of hydrogen-bond acceptors (Lipinski definition) is 8. The maximum absolute atomic E-state index is 12.9. The third kappa shape index (κ3) is 5.04. The third-order valence-electron chi connectivity index (χ3n) is 4.37. The number of nitrogens with one attached hydrogen (secondary N) is 1. The minimum atomic E-state index is -0.993. The highest BCUT2D eigenvalue weighted by atomic mass is 32.2. The molecule has 3 atom stereocenters. The molecule has 10 heteroatoms. The van der Waals surface area contributed by atoms with Crippen LogP contribution in [0.2, 0.25) is 0 Å². The van der Waals surface area contributed by atoms with Crippen molar-refractivity contribution in [2.24, 2.45) is 0 Å². The van der Waals surface area contributed by atoms with Crippen LogP contribution < -0.4 is 5.32 Å². The molecule has 0 radical (unpaired) electrons. The molecule has 1 saturated heterocycles. The van der Waals surface area contributed by atoms with Gasteiger partial charge in [-0.2, -0.15) is 0 Å². The average molecular weight is 453 g/mol. The van der Waals surface area contributed by atoms with Crippen molar-refractivity contribution in [3.63, 3.8) is 0 Å². The van der Waals surface area contributed by atoms with Crippen molar-refractivity contribution in [1.29, 1.82) is 0 Å². The summed E-state index contributed by atoms with van der Waals surface area (Å²) in [5, 5.41) is 5.94. The summed E-state index contributed by atoms with van der Waals surface area (Å²) >= 11 is 2.78. The zero-order chi connectivity index (χ0) is 22.1. The van der Waals surface area contributed by atoms with E-state index >= 15 is 0 Å². The van der Waals surface area contributed by atoms with Crippen molar-refractivity contribution < 1.29 is 28.7 Å². The van der Waals surface area contributed by atoms with Crippen LogP contribution in [0.4, 0.5) is 0 Å². The molecular weight excluding hydrogens is 428 g/mol. The Bertz CT molecular complexity index is 874. The first kappa shape index (κ1) is 22.4. The van der Waals surface area contributed by atoms with Gasteiger partial charge in [0, 0.05) is 17.4 Å². The monoisotopic (exact) mass is 452 g/mol. The number of rotatable bonds is 6. The third-order valence-corrected chi connectivity index (χ3v) is 6.46. The minimum Gasteiger partial charge on any atom is -0.461 e. The fraction of sp³-hybridized carbons (Fsp3) is 0.500. The van der Waals surface area contributed by atoms with Gasteiger partial charge in [0.2, 0.25) is 11.8 Å². The van der Waals surface area contributed by atoms with Crippen LogP contribution in [0.15, 0.2) is 28.5 Å². The molecule has 0 aromatic carbocycles. The number of ether oxygens (including phenoxy) is 2. The van der Waals surface area contributed by atoms with E-state index in [4.69, 9.17) is 9.47 Å². The smallest absolute Gasteiger partial charge is 0.333 e. The maximum atomic E-state index is 12.9. The summed E-state index contributed by atoms with van der Waals surface area (Å²) < 4.78 is 10.5. The molecule has 8 nitrogen and oxygen atoms in total. The Kier molecular flexibility index (Phi) is 6.56. The molecule has 3 heterocycles. The Hall–Kier alpha value is -2.33. The fourth-order valence-corrected chi connectivity index (χ4v) is 5.07. The van der Waals surface area contributed by atoms with Gasteiger partial charge in [-0.05, 0) is 37.6 Å². The molecule has 0 spiro atoms. The van der Waals surface area contributed by atoms with E-state index in [9.17, 15) is 19.2 Å².